The molecule has 1 aliphatic rings. The minimum Gasteiger partial charge on any atom is -0.370 e. The summed E-state index contributed by atoms with van der Waals surface area (Å²) in [7, 11) is -3.44. The van der Waals surface area contributed by atoms with Gasteiger partial charge in [-0.3, -0.25) is 4.99 Å². The molecule has 6 nitrogen and oxygen atoms in total. The standard InChI is InChI=1S/C9H20N4O2S/c10-9(12-5-8-16(11,14)15)13-6-3-1-2-4-7-13/h1-8H2,(H2,10,12)(H2,11,14,15). The van der Waals surface area contributed by atoms with Gasteiger partial charge < -0.3 is 10.6 Å². The molecule has 0 aromatic heterocycles. The maximum absolute atomic E-state index is 10.7. The molecule has 0 aliphatic carbocycles. The van der Waals surface area contributed by atoms with Gasteiger partial charge in [0.05, 0.1) is 12.3 Å². The number of likely N-dealkylation sites (tertiary alicyclic amines) is 1. The van der Waals surface area contributed by atoms with Gasteiger partial charge in [0.1, 0.15) is 0 Å². The first-order valence-corrected chi connectivity index (χ1v) is 7.26. The Morgan fingerprint density at radius 2 is 1.75 bits per heavy atom. The highest BCUT2D eigenvalue weighted by atomic mass is 32.2. The molecule has 7 heteroatoms. The van der Waals surface area contributed by atoms with Crippen LogP contribution in [-0.4, -0.2) is 44.7 Å². The van der Waals surface area contributed by atoms with Crippen LogP contribution in [0.1, 0.15) is 25.7 Å². The Morgan fingerprint density at radius 1 is 1.19 bits per heavy atom. The number of primary sulfonamides is 1. The lowest BCUT2D eigenvalue weighted by Crippen LogP contribution is -2.38. The number of nitrogens with zero attached hydrogens (tertiary/aromatic N) is 2. The zero-order valence-electron chi connectivity index (χ0n) is 9.43. The van der Waals surface area contributed by atoms with Crippen LogP contribution in [0.3, 0.4) is 0 Å². The lowest BCUT2D eigenvalue weighted by molar-refractivity contribution is 0.429. The fourth-order valence-corrected chi connectivity index (χ4v) is 2.03. The van der Waals surface area contributed by atoms with Crippen molar-refractivity contribution in [3.63, 3.8) is 0 Å². The van der Waals surface area contributed by atoms with Crippen molar-refractivity contribution in [3.8, 4) is 0 Å². The summed E-state index contributed by atoms with van der Waals surface area (Å²) in [6, 6.07) is 0. The molecule has 0 amide bonds. The summed E-state index contributed by atoms with van der Waals surface area (Å²) in [5.74, 6) is 0.284. The summed E-state index contributed by atoms with van der Waals surface area (Å²) in [5.41, 5.74) is 5.79. The molecule has 1 rings (SSSR count). The van der Waals surface area contributed by atoms with Gasteiger partial charge in [0, 0.05) is 13.1 Å². The van der Waals surface area contributed by atoms with Gasteiger partial charge in [-0.2, -0.15) is 0 Å². The normalized spacial score (nSPS) is 19.6. The van der Waals surface area contributed by atoms with Crippen LogP contribution in [0.25, 0.3) is 0 Å². The minimum atomic E-state index is -3.44. The number of hydrogen-bond donors (Lipinski definition) is 2. The second-order valence-electron chi connectivity index (χ2n) is 4.01. The Morgan fingerprint density at radius 3 is 2.25 bits per heavy atom. The second-order valence-corrected chi connectivity index (χ2v) is 5.74. The van der Waals surface area contributed by atoms with Crippen molar-refractivity contribution < 1.29 is 8.42 Å². The van der Waals surface area contributed by atoms with E-state index in [1.807, 2.05) is 4.90 Å². The number of guanidine groups is 1. The van der Waals surface area contributed by atoms with Crippen molar-refractivity contribution in [2.24, 2.45) is 15.9 Å². The van der Waals surface area contributed by atoms with E-state index in [1.165, 1.54) is 12.8 Å². The first kappa shape index (κ1) is 13.2. The molecule has 94 valence electrons. The van der Waals surface area contributed by atoms with E-state index >= 15 is 0 Å². The average Bonchev–Trinajstić information content (AvgIpc) is 2.43. The molecule has 0 saturated carbocycles. The molecule has 0 aromatic carbocycles. The number of aliphatic imine (C=N–C) groups is 1. The van der Waals surface area contributed by atoms with Gasteiger partial charge in [-0.25, -0.2) is 13.6 Å². The fourth-order valence-electron chi connectivity index (χ4n) is 1.69. The molecule has 0 aromatic rings. The summed E-state index contributed by atoms with van der Waals surface area (Å²) in [4.78, 5) is 6.05. The van der Waals surface area contributed by atoms with Gasteiger partial charge in [-0.1, -0.05) is 12.8 Å². The predicted molar refractivity (Wildman–Crippen MR) is 64.5 cm³/mol. The lowest BCUT2D eigenvalue weighted by Gasteiger charge is -2.20. The molecule has 0 bridgehead atoms. The molecule has 1 fully saturated rings. The Hall–Kier alpha value is -0.820. The van der Waals surface area contributed by atoms with Crippen molar-refractivity contribution in [3.05, 3.63) is 0 Å². The van der Waals surface area contributed by atoms with Crippen molar-refractivity contribution in [2.45, 2.75) is 25.7 Å². The number of hydrogen-bond acceptors (Lipinski definition) is 3. The third kappa shape index (κ3) is 5.32. The molecular weight excluding hydrogens is 228 g/mol. The molecule has 1 saturated heterocycles. The van der Waals surface area contributed by atoms with Gasteiger partial charge in [0.15, 0.2) is 5.96 Å². The van der Waals surface area contributed by atoms with Crippen LogP contribution >= 0.6 is 0 Å². The zero-order valence-corrected chi connectivity index (χ0v) is 10.2. The monoisotopic (exact) mass is 248 g/mol. The van der Waals surface area contributed by atoms with E-state index in [1.54, 1.807) is 0 Å². The second kappa shape index (κ2) is 6.05. The minimum absolute atomic E-state index is 0.140. The Bertz CT molecular complexity index is 331. The summed E-state index contributed by atoms with van der Waals surface area (Å²) in [6.07, 6.45) is 4.68. The predicted octanol–water partition coefficient (Wildman–Crippen LogP) is -0.534. The van der Waals surface area contributed by atoms with Crippen LogP contribution in [0.5, 0.6) is 0 Å². The quantitative estimate of drug-likeness (QED) is 0.517. The molecule has 0 unspecified atom stereocenters. The SMILES string of the molecule is NC(=NCCS(N)(=O)=O)N1CCCCCC1. The summed E-state index contributed by atoms with van der Waals surface area (Å²) >= 11 is 0. The van der Waals surface area contributed by atoms with Gasteiger partial charge in [-0.15, -0.1) is 0 Å². The Balaban J connectivity index is 2.42. The smallest absolute Gasteiger partial charge is 0.210 e. The van der Waals surface area contributed by atoms with Crippen molar-refractivity contribution in [2.75, 3.05) is 25.4 Å². The Labute approximate surface area is 96.7 Å². The first-order chi connectivity index (χ1) is 7.49. The van der Waals surface area contributed by atoms with Crippen LogP contribution in [-0.2, 0) is 10.0 Å². The molecule has 0 spiro atoms. The molecule has 0 radical (unpaired) electrons. The van der Waals surface area contributed by atoms with Crippen molar-refractivity contribution >= 4 is 16.0 Å². The molecule has 0 atom stereocenters. The molecule has 16 heavy (non-hydrogen) atoms. The van der Waals surface area contributed by atoms with Crippen molar-refractivity contribution in [1.29, 1.82) is 0 Å². The van der Waals surface area contributed by atoms with Crippen LogP contribution < -0.4 is 10.9 Å². The van der Waals surface area contributed by atoms with Crippen molar-refractivity contribution in [1.82, 2.24) is 4.90 Å². The van der Waals surface area contributed by atoms with Gasteiger partial charge >= 0.3 is 0 Å². The third-order valence-electron chi connectivity index (χ3n) is 2.58. The largest absolute Gasteiger partial charge is 0.370 e. The highest BCUT2D eigenvalue weighted by Gasteiger charge is 2.10. The molecule has 1 aliphatic heterocycles. The van der Waals surface area contributed by atoms with Gasteiger partial charge in [-0.05, 0) is 12.8 Å². The number of rotatable bonds is 3. The summed E-state index contributed by atoms with van der Waals surface area (Å²) in [5, 5.41) is 4.87. The van der Waals surface area contributed by atoms with Crippen LogP contribution in [0, 0.1) is 0 Å². The Kier molecular flexibility index (Phi) is 5.01. The molecule has 4 N–H and O–H groups in total. The van der Waals surface area contributed by atoms with Gasteiger partial charge in [0.25, 0.3) is 0 Å². The topological polar surface area (TPSA) is 102 Å². The van der Waals surface area contributed by atoms with E-state index in [-0.39, 0.29) is 12.3 Å². The zero-order chi connectivity index (χ0) is 12.0. The van der Waals surface area contributed by atoms with E-state index in [0.29, 0.717) is 5.96 Å². The average molecular weight is 248 g/mol. The number of sulfonamides is 1. The molecular formula is C9H20N4O2S. The van der Waals surface area contributed by atoms with Crippen LogP contribution in [0.15, 0.2) is 4.99 Å². The number of nitrogens with two attached hydrogens (primary N) is 2. The van der Waals surface area contributed by atoms with E-state index < -0.39 is 10.0 Å². The fraction of sp³-hybridized carbons (Fsp3) is 0.889. The summed E-state index contributed by atoms with van der Waals surface area (Å²) < 4.78 is 21.4. The third-order valence-corrected chi connectivity index (χ3v) is 3.33. The van der Waals surface area contributed by atoms with Gasteiger partial charge in [0.2, 0.25) is 10.0 Å². The van der Waals surface area contributed by atoms with E-state index in [2.05, 4.69) is 4.99 Å². The van der Waals surface area contributed by atoms with E-state index in [9.17, 15) is 8.42 Å². The molecule has 1 heterocycles. The van der Waals surface area contributed by atoms with E-state index in [0.717, 1.165) is 25.9 Å². The van der Waals surface area contributed by atoms with Crippen LogP contribution in [0.2, 0.25) is 0 Å². The lowest BCUT2D eigenvalue weighted by atomic mass is 10.2. The van der Waals surface area contributed by atoms with Crippen LogP contribution in [0.4, 0.5) is 0 Å². The highest BCUT2D eigenvalue weighted by Crippen LogP contribution is 2.08. The maximum Gasteiger partial charge on any atom is 0.210 e. The first-order valence-electron chi connectivity index (χ1n) is 5.54. The summed E-state index contributed by atoms with van der Waals surface area (Å²) in [6.45, 7) is 1.95. The highest BCUT2D eigenvalue weighted by molar-refractivity contribution is 7.89. The maximum atomic E-state index is 10.7. The van der Waals surface area contributed by atoms with E-state index in [4.69, 9.17) is 10.9 Å².